The monoisotopic (exact) mass is 406 g/mol. The van der Waals surface area contributed by atoms with Crippen LogP contribution in [0, 0.1) is 6.92 Å². The van der Waals surface area contributed by atoms with Crippen LogP contribution in [0.1, 0.15) is 34.5 Å². The summed E-state index contributed by atoms with van der Waals surface area (Å²) in [6.45, 7) is 3.45. The van der Waals surface area contributed by atoms with E-state index >= 15 is 0 Å². The van der Waals surface area contributed by atoms with Crippen molar-refractivity contribution in [3.05, 3.63) is 64.9 Å². The Morgan fingerprint density at radius 1 is 1.17 bits per heavy atom. The lowest BCUT2D eigenvalue weighted by molar-refractivity contribution is -0.115. The van der Waals surface area contributed by atoms with Gasteiger partial charge in [0.15, 0.2) is 0 Å². The van der Waals surface area contributed by atoms with Crippen LogP contribution in [0.3, 0.4) is 0 Å². The third-order valence-electron chi connectivity index (χ3n) is 4.96. The van der Waals surface area contributed by atoms with Crippen LogP contribution in [-0.2, 0) is 11.2 Å². The Morgan fingerprint density at radius 2 is 2.00 bits per heavy atom. The normalized spacial score (nSPS) is 13.5. The number of likely N-dealkylation sites (tertiary alicyclic amines) is 1. The van der Waals surface area contributed by atoms with Crippen LogP contribution >= 0.6 is 11.3 Å². The zero-order valence-electron chi connectivity index (χ0n) is 16.2. The van der Waals surface area contributed by atoms with Crippen LogP contribution in [0.25, 0.3) is 10.6 Å². The fraction of sp³-hybridized carbons (Fsp3) is 0.273. The van der Waals surface area contributed by atoms with Crippen LogP contribution in [0.5, 0.6) is 0 Å². The van der Waals surface area contributed by atoms with Gasteiger partial charge in [-0.05, 0) is 43.5 Å². The molecule has 1 N–H and O–H groups in total. The number of aromatic nitrogens is 2. The number of carbonyl (C=O) groups excluding carboxylic acids is 2. The van der Waals surface area contributed by atoms with Crippen molar-refractivity contribution >= 4 is 28.8 Å². The Morgan fingerprint density at radius 3 is 2.76 bits per heavy atom. The van der Waals surface area contributed by atoms with E-state index in [9.17, 15) is 9.59 Å². The van der Waals surface area contributed by atoms with Gasteiger partial charge in [0.25, 0.3) is 5.91 Å². The first-order valence-corrected chi connectivity index (χ1v) is 10.5. The maximum atomic E-state index is 12.9. The molecular formula is C22H22N4O2S. The fourth-order valence-electron chi connectivity index (χ4n) is 3.50. The maximum Gasteiger partial charge on any atom is 0.256 e. The number of carbonyl (C=O) groups is 2. The molecule has 2 amide bonds. The molecule has 1 saturated heterocycles. The summed E-state index contributed by atoms with van der Waals surface area (Å²) in [6.07, 6.45) is 5.69. The van der Waals surface area contributed by atoms with E-state index in [1.54, 1.807) is 18.5 Å². The lowest BCUT2D eigenvalue weighted by Crippen LogP contribution is -2.29. The predicted octanol–water partition coefficient (Wildman–Crippen LogP) is 3.93. The van der Waals surface area contributed by atoms with Gasteiger partial charge in [-0.15, -0.1) is 11.3 Å². The van der Waals surface area contributed by atoms with Gasteiger partial charge in [-0.1, -0.05) is 12.1 Å². The highest BCUT2D eigenvalue weighted by Crippen LogP contribution is 2.25. The van der Waals surface area contributed by atoms with Gasteiger partial charge in [0, 0.05) is 36.4 Å². The van der Waals surface area contributed by atoms with Crippen molar-refractivity contribution in [2.45, 2.75) is 26.2 Å². The minimum atomic E-state index is -0.186. The molecule has 4 rings (SSSR count). The molecule has 3 aromatic rings. The van der Waals surface area contributed by atoms with E-state index in [1.807, 2.05) is 41.5 Å². The number of thiazole rings is 1. The number of hydrogen-bond acceptors (Lipinski definition) is 5. The first-order valence-electron chi connectivity index (χ1n) is 9.65. The summed E-state index contributed by atoms with van der Waals surface area (Å²) in [5.74, 6) is -0.197. The number of nitrogens with one attached hydrogen (secondary N) is 1. The Labute approximate surface area is 173 Å². The average molecular weight is 407 g/mol. The third-order valence-corrected chi connectivity index (χ3v) is 5.90. The molecule has 1 fully saturated rings. The van der Waals surface area contributed by atoms with Gasteiger partial charge < -0.3 is 10.2 Å². The predicted molar refractivity (Wildman–Crippen MR) is 114 cm³/mol. The van der Waals surface area contributed by atoms with E-state index in [4.69, 9.17) is 0 Å². The second kappa shape index (κ2) is 8.53. The van der Waals surface area contributed by atoms with Crippen LogP contribution in [0.4, 0.5) is 5.69 Å². The molecule has 0 radical (unpaired) electrons. The summed E-state index contributed by atoms with van der Waals surface area (Å²) in [5.41, 5.74) is 3.65. The SMILES string of the molecule is Cc1cccc(NC(=O)Cc2csc(-c3cccnc3)n2)c1C(=O)N1CCCC1. The van der Waals surface area contributed by atoms with Crippen molar-refractivity contribution in [2.24, 2.45) is 0 Å². The number of amides is 2. The topological polar surface area (TPSA) is 75.2 Å². The molecule has 0 aliphatic carbocycles. The zero-order valence-corrected chi connectivity index (χ0v) is 17.0. The highest BCUT2D eigenvalue weighted by atomic mass is 32.1. The molecule has 148 valence electrons. The Hall–Kier alpha value is -3.06. The van der Waals surface area contributed by atoms with Crippen LogP contribution in [-0.4, -0.2) is 39.8 Å². The summed E-state index contributed by atoms with van der Waals surface area (Å²) in [6, 6.07) is 9.35. The van der Waals surface area contributed by atoms with E-state index in [0.717, 1.165) is 42.1 Å². The molecule has 0 spiro atoms. The lowest BCUT2D eigenvalue weighted by Gasteiger charge is -2.19. The van der Waals surface area contributed by atoms with Crippen LogP contribution < -0.4 is 5.32 Å². The number of pyridine rings is 1. The number of nitrogens with zero attached hydrogens (tertiary/aromatic N) is 3. The van der Waals surface area contributed by atoms with Crippen molar-refractivity contribution in [3.63, 3.8) is 0 Å². The lowest BCUT2D eigenvalue weighted by atomic mass is 10.0. The van der Waals surface area contributed by atoms with Crippen molar-refractivity contribution in [2.75, 3.05) is 18.4 Å². The number of rotatable bonds is 5. The standard InChI is InChI=1S/C22H22N4O2S/c1-15-6-4-8-18(20(15)22(28)26-10-2-3-11-26)25-19(27)12-17-14-29-21(24-17)16-7-5-9-23-13-16/h4-9,13-14H,2-3,10-12H2,1H3,(H,25,27). The molecular weight excluding hydrogens is 384 g/mol. The summed E-state index contributed by atoms with van der Waals surface area (Å²) >= 11 is 1.49. The van der Waals surface area contributed by atoms with Gasteiger partial charge >= 0.3 is 0 Å². The summed E-state index contributed by atoms with van der Waals surface area (Å²) in [7, 11) is 0. The van der Waals surface area contributed by atoms with E-state index in [1.165, 1.54) is 11.3 Å². The van der Waals surface area contributed by atoms with Gasteiger partial charge in [-0.25, -0.2) is 4.98 Å². The highest BCUT2D eigenvalue weighted by molar-refractivity contribution is 7.13. The Kier molecular flexibility index (Phi) is 5.67. The van der Waals surface area contributed by atoms with Crippen LogP contribution in [0.15, 0.2) is 48.1 Å². The zero-order chi connectivity index (χ0) is 20.2. The summed E-state index contributed by atoms with van der Waals surface area (Å²) < 4.78 is 0. The quantitative estimate of drug-likeness (QED) is 0.697. The molecule has 0 saturated carbocycles. The van der Waals surface area contributed by atoms with Crippen molar-refractivity contribution < 1.29 is 9.59 Å². The van der Waals surface area contributed by atoms with E-state index in [-0.39, 0.29) is 18.2 Å². The van der Waals surface area contributed by atoms with Gasteiger partial charge in [0.05, 0.1) is 23.4 Å². The average Bonchev–Trinajstić information content (AvgIpc) is 3.41. The first-order chi connectivity index (χ1) is 14.1. The van der Waals surface area contributed by atoms with Crippen molar-refractivity contribution in [3.8, 4) is 10.6 Å². The number of anilines is 1. The molecule has 0 atom stereocenters. The van der Waals surface area contributed by atoms with E-state index in [2.05, 4.69) is 15.3 Å². The Bertz CT molecular complexity index is 1030. The largest absolute Gasteiger partial charge is 0.339 e. The molecule has 3 heterocycles. The van der Waals surface area contributed by atoms with E-state index in [0.29, 0.717) is 16.9 Å². The van der Waals surface area contributed by atoms with Crippen LogP contribution in [0.2, 0.25) is 0 Å². The summed E-state index contributed by atoms with van der Waals surface area (Å²) in [4.78, 5) is 36.1. The molecule has 0 bridgehead atoms. The van der Waals surface area contributed by atoms with Crippen molar-refractivity contribution in [1.82, 2.24) is 14.9 Å². The highest BCUT2D eigenvalue weighted by Gasteiger charge is 2.24. The second-order valence-electron chi connectivity index (χ2n) is 7.11. The smallest absolute Gasteiger partial charge is 0.256 e. The maximum absolute atomic E-state index is 12.9. The summed E-state index contributed by atoms with van der Waals surface area (Å²) in [5, 5.41) is 5.64. The number of benzene rings is 1. The van der Waals surface area contributed by atoms with Gasteiger partial charge in [0.1, 0.15) is 5.01 Å². The van der Waals surface area contributed by atoms with Gasteiger partial charge in [-0.2, -0.15) is 0 Å². The molecule has 7 heteroatoms. The number of hydrogen-bond donors (Lipinski definition) is 1. The minimum Gasteiger partial charge on any atom is -0.339 e. The first kappa shape index (κ1) is 19.3. The number of aryl methyl sites for hydroxylation is 1. The third kappa shape index (κ3) is 4.35. The van der Waals surface area contributed by atoms with Gasteiger partial charge in [-0.3, -0.25) is 14.6 Å². The van der Waals surface area contributed by atoms with Gasteiger partial charge in [0.2, 0.25) is 5.91 Å². The molecule has 6 nitrogen and oxygen atoms in total. The molecule has 2 aromatic heterocycles. The van der Waals surface area contributed by atoms with Crippen molar-refractivity contribution in [1.29, 1.82) is 0 Å². The molecule has 1 aliphatic heterocycles. The molecule has 1 aromatic carbocycles. The Balaban J connectivity index is 1.48. The second-order valence-corrected chi connectivity index (χ2v) is 7.97. The molecule has 0 unspecified atom stereocenters. The molecule has 29 heavy (non-hydrogen) atoms. The van der Waals surface area contributed by atoms with E-state index < -0.39 is 0 Å². The molecule has 1 aliphatic rings. The fourth-order valence-corrected chi connectivity index (χ4v) is 4.31. The minimum absolute atomic E-state index is 0.0107.